The summed E-state index contributed by atoms with van der Waals surface area (Å²) in [6, 6.07) is 12.4. The first-order valence-corrected chi connectivity index (χ1v) is 25.8. The van der Waals surface area contributed by atoms with E-state index < -0.39 is 64.9 Å². The average molecular weight is 1070 g/mol. The molecule has 1 saturated heterocycles. The number of unbranched alkanes of at least 4 members (excludes halogenated alkanes) is 4. The van der Waals surface area contributed by atoms with Gasteiger partial charge in [0.15, 0.2) is 11.6 Å². The zero-order chi connectivity index (χ0) is 53.7. The van der Waals surface area contributed by atoms with Crippen molar-refractivity contribution >= 4 is 63.2 Å². The predicted octanol–water partition coefficient (Wildman–Crippen LogP) is 6.98. The second kappa shape index (κ2) is 23.2. The fourth-order valence-corrected chi connectivity index (χ4v) is 10.2. The molecule has 75 heavy (non-hydrogen) atoms. The minimum atomic E-state index is -1.41. The van der Waals surface area contributed by atoms with Crippen molar-refractivity contribution in [3.63, 3.8) is 0 Å². The summed E-state index contributed by atoms with van der Waals surface area (Å²) in [6.45, 7) is 7.27. The first-order chi connectivity index (χ1) is 35.7. The Morgan fingerprint density at radius 3 is 2.39 bits per heavy atom. The number of amides is 3. The van der Waals surface area contributed by atoms with Gasteiger partial charge in [-0.2, -0.15) is 10.1 Å². The lowest BCUT2D eigenvalue weighted by molar-refractivity contribution is -0.144. The molecule has 18 nitrogen and oxygen atoms in total. The number of aliphatic hydroxyl groups excluding tert-OH is 1. The molecule has 3 amide bonds. The molecule has 4 N–H and O–H groups in total. The van der Waals surface area contributed by atoms with E-state index in [9.17, 15) is 42.3 Å². The van der Waals surface area contributed by atoms with Crippen molar-refractivity contribution in [2.24, 2.45) is 12.5 Å². The highest BCUT2D eigenvalue weighted by atomic mass is 35.5. The Bertz CT molecular complexity index is 3350. The van der Waals surface area contributed by atoms with Crippen LogP contribution in [0.15, 0.2) is 82.0 Å². The second-order valence-corrected chi connectivity index (χ2v) is 21.3. The van der Waals surface area contributed by atoms with Gasteiger partial charge in [0.2, 0.25) is 23.7 Å². The molecule has 0 saturated carbocycles. The Balaban J connectivity index is 0.816. The van der Waals surface area contributed by atoms with Crippen LogP contribution in [0.3, 0.4) is 0 Å². The van der Waals surface area contributed by atoms with Crippen LogP contribution in [0.5, 0.6) is 0 Å². The zero-order valence-corrected chi connectivity index (χ0v) is 43.7. The fourth-order valence-electron chi connectivity index (χ4n) is 9.02. The zero-order valence-electron chi connectivity index (χ0n) is 42.1. The lowest BCUT2D eigenvalue weighted by Crippen LogP contribution is -2.57. The second-order valence-electron chi connectivity index (χ2n) is 19.9. The molecule has 3 aromatic carbocycles. The summed E-state index contributed by atoms with van der Waals surface area (Å²) in [6.07, 6.45) is 6.23. The van der Waals surface area contributed by atoms with Crippen LogP contribution in [0.4, 0.5) is 24.8 Å². The first-order valence-electron chi connectivity index (χ1n) is 24.6. The van der Waals surface area contributed by atoms with Gasteiger partial charge in [-0.25, -0.2) is 27.3 Å². The number of nitrogens with one attached hydrogen (secondary N) is 3. The molecule has 5 heterocycles. The summed E-state index contributed by atoms with van der Waals surface area (Å²) in [5, 5.41) is 34.8. The summed E-state index contributed by atoms with van der Waals surface area (Å²) in [5.74, 6) is -5.30. The molecule has 0 aliphatic carbocycles. The van der Waals surface area contributed by atoms with Crippen LogP contribution in [0.2, 0.25) is 5.02 Å². The Labute approximate surface area is 438 Å². The summed E-state index contributed by atoms with van der Waals surface area (Å²) < 4.78 is 47.9. The molecule has 3 atom stereocenters. The maximum atomic E-state index is 14.9. The highest BCUT2D eigenvalue weighted by Gasteiger charge is 2.44. The van der Waals surface area contributed by atoms with E-state index in [4.69, 9.17) is 11.6 Å². The summed E-state index contributed by atoms with van der Waals surface area (Å²) in [4.78, 5) is 75.0. The van der Waals surface area contributed by atoms with Gasteiger partial charge in [0.25, 0.3) is 0 Å². The van der Waals surface area contributed by atoms with Crippen molar-refractivity contribution in [2.45, 2.75) is 117 Å². The number of aryl methyl sites for hydroxylation is 3. The van der Waals surface area contributed by atoms with Crippen LogP contribution in [0.1, 0.15) is 88.1 Å². The van der Waals surface area contributed by atoms with Gasteiger partial charge in [-0.3, -0.25) is 28.3 Å². The average Bonchev–Trinajstić information content (AvgIpc) is 4.18. The van der Waals surface area contributed by atoms with E-state index in [0.717, 1.165) is 39.5 Å². The number of halogens is 4. The van der Waals surface area contributed by atoms with Crippen LogP contribution in [0.25, 0.3) is 21.3 Å². The van der Waals surface area contributed by atoms with E-state index in [1.807, 2.05) is 50.4 Å². The van der Waals surface area contributed by atoms with Crippen molar-refractivity contribution in [1.82, 2.24) is 54.4 Å². The molecule has 0 spiro atoms. The highest BCUT2D eigenvalue weighted by Crippen LogP contribution is 2.31. The maximum absolute atomic E-state index is 14.9. The SMILES string of the molecule is Cc1ccsc1-c1ccc(CNC(=O)[C@@H]2C[C@@H](O)CN2C(=O)[C@@H](NC(=O)CCCCCCCn2cc(Cn3c(=O)nc(Nc4cc5cn(C)nc5cc4Cl)n(Cc4cc(F)c(F)cc4F)c3=O)nn2)C(C)(C)C)cc1. The van der Waals surface area contributed by atoms with Crippen molar-refractivity contribution in [3.05, 3.63) is 138 Å². The predicted molar refractivity (Wildman–Crippen MR) is 278 cm³/mol. The third-order valence-electron chi connectivity index (χ3n) is 13.0. The van der Waals surface area contributed by atoms with Gasteiger partial charge in [-0.15, -0.1) is 16.4 Å². The number of aromatic nitrogens is 8. The van der Waals surface area contributed by atoms with Crippen molar-refractivity contribution in [1.29, 1.82) is 0 Å². The first kappa shape index (κ1) is 54.1. The van der Waals surface area contributed by atoms with Crippen molar-refractivity contribution < 1.29 is 32.7 Å². The number of benzene rings is 3. The number of thiophene rings is 1. The van der Waals surface area contributed by atoms with E-state index in [0.29, 0.717) is 42.4 Å². The summed E-state index contributed by atoms with van der Waals surface area (Å²) in [5.41, 5.74) is 1.23. The van der Waals surface area contributed by atoms with Gasteiger partial charge in [0.05, 0.1) is 41.6 Å². The topological polar surface area (TPSA) is 216 Å². The number of rotatable bonds is 20. The van der Waals surface area contributed by atoms with E-state index in [-0.39, 0.29) is 72.2 Å². The molecule has 1 aliphatic heterocycles. The molecule has 1 aliphatic rings. The molecule has 396 valence electrons. The lowest BCUT2D eigenvalue weighted by atomic mass is 9.85. The van der Waals surface area contributed by atoms with Crippen molar-refractivity contribution in [3.8, 4) is 10.4 Å². The van der Waals surface area contributed by atoms with E-state index in [1.54, 1.807) is 52.3 Å². The number of nitrogens with zero attached hydrogens (tertiary/aromatic N) is 9. The van der Waals surface area contributed by atoms with Gasteiger partial charge >= 0.3 is 11.4 Å². The number of β-amino-alcohol motifs (C(OH)–C–C–N with tert-alkyl or cyclic N) is 1. The normalized spacial score (nSPS) is 15.1. The van der Waals surface area contributed by atoms with Crippen LogP contribution in [-0.2, 0) is 47.6 Å². The third kappa shape index (κ3) is 13.0. The van der Waals surface area contributed by atoms with Gasteiger partial charge in [-0.05, 0) is 71.5 Å². The Hall–Kier alpha value is -7.17. The maximum Gasteiger partial charge on any atom is 0.355 e. The van der Waals surface area contributed by atoms with E-state index in [1.165, 1.54) is 15.3 Å². The Morgan fingerprint density at radius 1 is 0.920 bits per heavy atom. The largest absolute Gasteiger partial charge is 0.391 e. The van der Waals surface area contributed by atoms with Gasteiger partial charge in [0.1, 0.15) is 23.6 Å². The van der Waals surface area contributed by atoms with E-state index in [2.05, 4.69) is 49.3 Å². The fraction of sp³-hybridized carbons (Fsp3) is 0.404. The van der Waals surface area contributed by atoms with Gasteiger partial charge < -0.3 is 26.0 Å². The van der Waals surface area contributed by atoms with Crippen LogP contribution in [-0.4, -0.2) is 91.4 Å². The van der Waals surface area contributed by atoms with Gasteiger partial charge in [0, 0.05) is 67.6 Å². The quantitative estimate of drug-likeness (QED) is 0.0451. The molecule has 7 aromatic rings. The van der Waals surface area contributed by atoms with Crippen LogP contribution < -0.4 is 27.3 Å². The van der Waals surface area contributed by atoms with Crippen LogP contribution in [0, 0.1) is 29.8 Å². The minimum Gasteiger partial charge on any atom is -0.391 e. The molecular weight excluding hydrogens is 1010 g/mol. The number of hydrogen-bond acceptors (Lipinski definition) is 12. The number of aliphatic hydroxyl groups is 1. The molecule has 0 radical (unpaired) electrons. The highest BCUT2D eigenvalue weighted by molar-refractivity contribution is 7.13. The smallest absolute Gasteiger partial charge is 0.355 e. The Kier molecular flexibility index (Phi) is 16.7. The molecule has 8 rings (SSSR count). The number of hydrogen-bond donors (Lipinski definition) is 4. The molecule has 0 bridgehead atoms. The standard InChI is InChI=1S/C52H58ClF3N12O6S/c1-30-16-18-75-45(30)32-14-12-31(13-15-32)24-57-47(71)43-21-36(69)29-66(43)48(72)46(52(2,3)4)59-44(70)11-9-7-6-8-10-17-65-27-35(61-63-65)28-68-50(73)60-49(58-42-20-34-25-64(5)62-41(34)22-37(42)53)67(51(68)74)26-33-19-39(55)40(56)23-38(33)54/h12-16,18-20,22-23,25,27,36,43,46,69H,6-11,17,21,24,26,28-29H2,1-5H3,(H,57,71)(H,59,70)(H,58,60,73)/t36-,43+,46-/m1/s1. The van der Waals surface area contributed by atoms with Crippen molar-refractivity contribution in [2.75, 3.05) is 11.9 Å². The lowest BCUT2D eigenvalue weighted by Gasteiger charge is -2.35. The molecule has 0 unspecified atom stereocenters. The minimum absolute atomic E-state index is 0.0232. The number of anilines is 2. The Morgan fingerprint density at radius 2 is 1.65 bits per heavy atom. The number of likely N-dealkylation sites (tertiary alicyclic amines) is 1. The third-order valence-corrected chi connectivity index (χ3v) is 14.4. The molecule has 1 fully saturated rings. The number of carbonyl (C=O) groups excluding carboxylic acids is 3. The summed E-state index contributed by atoms with van der Waals surface area (Å²) in [7, 11) is 1.72. The molecule has 23 heteroatoms. The number of fused-ring (bicyclic) bond motifs is 1. The van der Waals surface area contributed by atoms with E-state index >= 15 is 0 Å². The molecular formula is C52H58ClF3N12O6S. The van der Waals surface area contributed by atoms with Gasteiger partial charge in [-0.1, -0.05) is 81.1 Å². The van der Waals surface area contributed by atoms with Crippen LogP contribution >= 0.6 is 22.9 Å². The molecule has 4 aromatic heterocycles. The monoisotopic (exact) mass is 1070 g/mol. The summed E-state index contributed by atoms with van der Waals surface area (Å²) >= 11 is 8.18. The number of carbonyl (C=O) groups is 3.